The van der Waals surface area contributed by atoms with Crippen LogP contribution in [0.2, 0.25) is 0 Å². The van der Waals surface area contributed by atoms with Crippen LogP contribution in [0.1, 0.15) is 6.42 Å². The monoisotopic (exact) mass is 310 g/mol. The van der Waals surface area contributed by atoms with Crippen LogP contribution in [0.4, 0.5) is 5.69 Å². The first-order chi connectivity index (χ1) is 8.74. The molecule has 1 saturated heterocycles. The van der Waals surface area contributed by atoms with Gasteiger partial charge in [0.1, 0.15) is 5.75 Å². The number of carbonyl (C=O) groups excluding carboxylic acids is 1. The summed E-state index contributed by atoms with van der Waals surface area (Å²) >= 11 is 3.44. The Morgan fingerprint density at radius 3 is 3.00 bits per heavy atom. The van der Waals surface area contributed by atoms with Crippen molar-refractivity contribution < 1.29 is 9.53 Å². The van der Waals surface area contributed by atoms with E-state index < -0.39 is 0 Å². The fraction of sp³-hybridized carbons (Fsp3) is 0.462. The summed E-state index contributed by atoms with van der Waals surface area (Å²) in [6.45, 7) is 3.07. The third-order valence-corrected chi connectivity index (χ3v) is 3.98. The highest BCUT2D eigenvalue weighted by Crippen LogP contribution is 2.34. The molecule has 5 heteroatoms. The van der Waals surface area contributed by atoms with Crippen molar-refractivity contribution in [3.63, 3.8) is 0 Å². The maximum absolute atomic E-state index is 12.0. The second kappa shape index (κ2) is 4.90. The highest BCUT2D eigenvalue weighted by molar-refractivity contribution is 9.10. The van der Waals surface area contributed by atoms with Gasteiger partial charge < -0.3 is 15.0 Å². The van der Waals surface area contributed by atoms with E-state index in [1.54, 1.807) is 0 Å². The third kappa shape index (κ3) is 2.24. The van der Waals surface area contributed by atoms with Gasteiger partial charge in [0.15, 0.2) is 6.61 Å². The summed E-state index contributed by atoms with van der Waals surface area (Å²) in [6, 6.07) is 5.79. The Bertz CT molecular complexity index is 474. The van der Waals surface area contributed by atoms with E-state index in [1.807, 2.05) is 23.1 Å². The molecule has 96 valence electrons. The molecule has 1 N–H and O–H groups in total. The van der Waals surface area contributed by atoms with Gasteiger partial charge in [0.05, 0.1) is 5.69 Å². The van der Waals surface area contributed by atoms with Crippen molar-refractivity contribution in [2.45, 2.75) is 6.42 Å². The molecule has 0 unspecified atom stereocenters. The fourth-order valence-electron chi connectivity index (χ4n) is 2.28. The summed E-state index contributed by atoms with van der Waals surface area (Å²) < 4.78 is 6.41. The smallest absolute Gasteiger partial charge is 0.265 e. The van der Waals surface area contributed by atoms with Crippen LogP contribution in [-0.4, -0.2) is 32.1 Å². The van der Waals surface area contributed by atoms with Crippen LogP contribution >= 0.6 is 15.9 Å². The van der Waals surface area contributed by atoms with Crippen molar-refractivity contribution in [1.82, 2.24) is 5.32 Å². The van der Waals surface area contributed by atoms with Crippen molar-refractivity contribution in [3.05, 3.63) is 22.7 Å². The van der Waals surface area contributed by atoms with Crippen LogP contribution in [0, 0.1) is 5.92 Å². The molecule has 1 fully saturated rings. The maximum Gasteiger partial charge on any atom is 0.265 e. The molecule has 0 spiro atoms. The van der Waals surface area contributed by atoms with Crippen molar-refractivity contribution in [2.75, 3.05) is 31.1 Å². The molecule has 0 atom stereocenters. The summed E-state index contributed by atoms with van der Waals surface area (Å²) in [5, 5.41) is 3.25. The molecular formula is C13H15BrN2O2. The van der Waals surface area contributed by atoms with Gasteiger partial charge >= 0.3 is 0 Å². The van der Waals surface area contributed by atoms with Crippen LogP contribution in [-0.2, 0) is 4.79 Å². The Kier molecular flexibility index (Phi) is 3.26. The number of ether oxygens (including phenoxy) is 1. The zero-order valence-corrected chi connectivity index (χ0v) is 11.6. The molecule has 2 heterocycles. The van der Waals surface area contributed by atoms with Gasteiger partial charge in [-0.3, -0.25) is 4.79 Å². The molecular weight excluding hydrogens is 296 g/mol. The maximum atomic E-state index is 12.0. The molecule has 0 radical (unpaired) electrons. The lowest BCUT2D eigenvalue weighted by atomic mass is 9.99. The minimum atomic E-state index is 0.0490. The lowest BCUT2D eigenvalue weighted by Gasteiger charge is -2.33. The Labute approximate surface area is 114 Å². The third-order valence-electron chi connectivity index (χ3n) is 3.49. The summed E-state index contributed by atoms with van der Waals surface area (Å²) in [5.74, 6) is 1.55. The molecule has 1 aromatic carbocycles. The number of nitrogens with one attached hydrogen (secondary N) is 1. The zero-order chi connectivity index (χ0) is 12.5. The summed E-state index contributed by atoms with van der Waals surface area (Å²) in [6.07, 6.45) is 1.05. The average Bonchev–Trinajstić information content (AvgIpc) is 2.30. The van der Waals surface area contributed by atoms with Crippen LogP contribution in [0.5, 0.6) is 5.75 Å². The van der Waals surface area contributed by atoms with E-state index in [-0.39, 0.29) is 12.5 Å². The predicted molar refractivity (Wildman–Crippen MR) is 73.0 cm³/mol. The second-order valence-electron chi connectivity index (χ2n) is 4.76. The van der Waals surface area contributed by atoms with Crippen molar-refractivity contribution in [1.29, 1.82) is 0 Å². The molecule has 0 saturated carbocycles. The number of halogens is 1. The van der Waals surface area contributed by atoms with E-state index in [0.717, 1.165) is 42.0 Å². The Hall–Kier alpha value is -1.07. The van der Waals surface area contributed by atoms with Crippen LogP contribution in [0.15, 0.2) is 22.7 Å². The summed E-state index contributed by atoms with van der Waals surface area (Å²) in [4.78, 5) is 13.8. The number of hydrogen-bond donors (Lipinski definition) is 1. The highest BCUT2D eigenvalue weighted by atomic mass is 79.9. The van der Waals surface area contributed by atoms with Gasteiger partial charge in [-0.2, -0.15) is 0 Å². The first-order valence-electron chi connectivity index (χ1n) is 6.17. The largest absolute Gasteiger partial charge is 0.482 e. The zero-order valence-electron chi connectivity index (χ0n) is 9.99. The molecule has 3 rings (SSSR count). The van der Waals surface area contributed by atoms with Gasteiger partial charge in [0.2, 0.25) is 0 Å². The number of fused-ring (bicyclic) bond motifs is 1. The van der Waals surface area contributed by atoms with Crippen molar-refractivity contribution in [2.24, 2.45) is 5.92 Å². The van der Waals surface area contributed by atoms with E-state index in [2.05, 4.69) is 21.2 Å². The predicted octanol–water partition coefficient (Wildman–Crippen LogP) is 1.78. The van der Waals surface area contributed by atoms with Crippen LogP contribution < -0.4 is 15.0 Å². The van der Waals surface area contributed by atoms with E-state index >= 15 is 0 Å². The molecule has 18 heavy (non-hydrogen) atoms. The number of anilines is 1. The van der Waals surface area contributed by atoms with Gasteiger partial charge in [-0.1, -0.05) is 15.9 Å². The van der Waals surface area contributed by atoms with Crippen LogP contribution in [0.3, 0.4) is 0 Å². The Morgan fingerprint density at radius 1 is 1.44 bits per heavy atom. The van der Waals surface area contributed by atoms with E-state index in [1.165, 1.54) is 0 Å². The van der Waals surface area contributed by atoms with E-state index in [9.17, 15) is 4.79 Å². The molecule has 2 aliphatic heterocycles. The van der Waals surface area contributed by atoms with E-state index in [4.69, 9.17) is 4.74 Å². The highest BCUT2D eigenvalue weighted by Gasteiger charge is 2.27. The number of carbonyl (C=O) groups is 1. The van der Waals surface area contributed by atoms with Crippen molar-refractivity contribution >= 4 is 27.5 Å². The lowest BCUT2D eigenvalue weighted by Crippen LogP contribution is -2.46. The first-order valence-corrected chi connectivity index (χ1v) is 6.97. The minimum Gasteiger partial charge on any atom is -0.482 e. The molecule has 0 aromatic heterocycles. The number of rotatable bonds is 3. The topological polar surface area (TPSA) is 41.6 Å². The quantitative estimate of drug-likeness (QED) is 0.925. The molecule has 0 bridgehead atoms. The minimum absolute atomic E-state index is 0.0490. The fourth-order valence-corrected chi connectivity index (χ4v) is 2.63. The molecule has 1 aromatic rings. The van der Waals surface area contributed by atoms with Crippen LogP contribution in [0.25, 0.3) is 0 Å². The number of nitrogens with zero attached hydrogens (tertiary/aromatic N) is 1. The van der Waals surface area contributed by atoms with Gasteiger partial charge in [-0.15, -0.1) is 0 Å². The SMILES string of the molecule is O=C1COc2ccc(Br)cc2N1CCC1CNC1. The molecule has 1 amide bonds. The average molecular weight is 311 g/mol. The Morgan fingerprint density at radius 2 is 2.28 bits per heavy atom. The molecule has 2 aliphatic rings. The van der Waals surface area contributed by atoms with Gasteiger partial charge in [-0.25, -0.2) is 0 Å². The number of benzene rings is 1. The molecule has 0 aliphatic carbocycles. The molecule has 4 nitrogen and oxygen atoms in total. The lowest BCUT2D eigenvalue weighted by molar-refractivity contribution is -0.121. The standard InChI is InChI=1S/C13H15BrN2O2/c14-10-1-2-12-11(5-10)16(13(17)8-18-12)4-3-9-6-15-7-9/h1-2,5,9,15H,3-4,6-8H2. The summed E-state index contributed by atoms with van der Waals surface area (Å²) in [5.41, 5.74) is 0.882. The second-order valence-corrected chi connectivity index (χ2v) is 5.67. The first kappa shape index (κ1) is 12.0. The van der Waals surface area contributed by atoms with Gasteiger partial charge in [0.25, 0.3) is 5.91 Å². The van der Waals surface area contributed by atoms with E-state index in [0.29, 0.717) is 5.92 Å². The van der Waals surface area contributed by atoms with Gasteiger partial charge in [-0.05, 0) is 43.6 Å². The van der Waals surface area contributed by atoms with Gasteiger partial charge in [0, 0.05) is 11.0 Å². The number of amides is 1. The summed E-state index contributed by atoms with van der Waals surface area (Å²) in [7, 11) is 0. The Balaban J connectivity index is 1.79. The number of hydrogen-bond acceptors (Lipinski definition) is 3. The van der Waals surface area contributed by atoms with Crippen molar-refractivity contribution in [3.8, 4) is 5.75 Å². The normalized spacial score (nSPS) is 19.2.